The SMILES string of the molecule is CC(=O)c1ccc(SCC(=O)Nc2nc3c(C)cc(C)cc3s2)c(F)c1. The number of benzene rings is 2. The first-order valence-corrected chi connectivity index (χ1v) is 9.74. The van der Waals surface area contributed by atoms with Gasteiger partial charge in [-0.15, -0.1) is 11.8 Å². The number of thioether (sulfide) groups is 1. The van der Waals surface area contributed by atoms with Crippen LogP contribution in [0.3, 0.4) is 0 Å². The van der Waals surface area contributed by atoms with Gasteiger partial charge in [-0.1, -0.05) is 23.5 Å². The number of carbonyl (C=O) groups is 2. The van der Waals surface area contributed by atoms with Gasteiger partial charge in [-0.25, -0.2) is 9.37 Å². The predicted octanol–water partition coefficient (Wildman–Crippen LogP) is 4.99. The van der Waals surface area contributed by atoms with E-state index in [0.717, 1.165) is 33.1 Å². The predicted molar refractivity (Wildman–Crippen MR) is 105 cm³/mol. The molecule has 0 saturated heterocycles. The molecule has 0 aliphatic carbocycles. The molecule has 0 bridgehead atoms. The molecule has 0 saturated carbocycles. The molecule has 3 aromatic rings. The lowest BCUT2D eigenvalue weighted by Crippen LogP contribution is -2.13. The Morgan fingerprint density at radius 2 is 2.00 bits per heavy atom. The highest BCUT2D eigenvalue weighted by Crippen LogP contribution is 2.30. The van der Waals surface area contributed by atoms with E-state index >= 15 is 0 Å². The van der Waals surface area contributed by atoms with Gasteiger partial charge in [-0.3, -0.25) is 9.59 Å². The molecule has 0 radical (unpaired) electrons. The molecule has 2 aromatic carbocycles. The lowest BCUT2D eigenvalue weighted by Gasteiger charge is -2.04. The number of Topliss-reactive ketones (excluding diaryl/α,β-unsaturated/α-hetero) is 1. The van der Waals surface area contributed by atoms with Gasteiger partial charge < -0.3 is 5.32 Å². The molecule has 1 amide bonds. The van der Waals surface area contributed by atoms with E-state index in [-0.39, 0.29) is 17.4 Å². The molecule has 134 valence electrons. The molecule has 3 rings (SSSR count). The summed E-state index contributed by atoms with van der Waals surface area (Å²) in [5.74, 6) is -0.885. The summed E-state index contributed by atoms with van der Waals surface area (Å²) in [6.07, 6.45) is 0. The third-order valence-corrected chi connectivity index (χ3v) is 5.74. The van der Waals surface area contributed by atoms with E-state index in [1.165, 1.54) is 30.4 Å². The Labute approximate surface area is 158 Å². The highest BCUT2D eigenvalue weighted by molar-refractivity contribution is 8.00. The van der Waals surface area contributed by atoms with Crippen LogP contribution in [0.4, 0.5) is 9.52 Å². The number of halogens is 1. The lowest BCUT2D eigenvalue weighted by atomic mass is 10.1. The Morgan fingerprint density at radius 1 is 1.23 bits per heavy atom. The fraction of sp³-hybridized carbons (Fsp3) is 0.211. The van der Waals surface area contributed by atoms with Crippen LogP contribution < -0.4 is 5.32 Å². The van der Waals surface area contributed by atoms with E-state index in [1.807, 2.05) is 19.9 Å². The third-order valence-electron chi connectivity index (χ3n) is 3.77. The Kier molecular flexibility index (Phi) is 5.38. The average Bonchev–Trinajstić information content (AvgIpc) is 2.96. The number of fused-ring (bicyclic) bond motifs is 1. The smallest absolute Gasteiger partial charge is 0.236 e. The molecule has 0 aliphatic rings. The maximum atomic E-state index is 14.0. The molecule has 4 nitrogen and oxygen atoms in total. The van der Waals surface area contributed by atoms with Gasteiger partial charge >= 0.3 is 0 Å². The van der Waals surface area contributed by atoms with Crippen LogP contribution in [0.25, 0.3) is 10.2 Å². The highest BCUT2D eigenvalue weighted by Gasteiger charge is 2.12. The van der Waals surface area contributed by atoms with Gasteiger partial charge in [0.2, 0.25) is 5.91 Å². The number of carbonyl (C=O) groups excluding carboxylic acids is 2. The van der Waals surface area contributed by atoms with Gasteiger partial charge in [0, 0.05) is 10.5 Å². The number of ketones is 1. The summed E-state index contributed by atoms with van der Waals surface area (Å²) in [4.78, 5) is 28.2. The van der Waals surface area contributed by atoms with E-state index in [9.17, 15) is 14.0 Å². The van der Waals surface area contributed by atoms with Gasteiger partial charge in [-0.2, -0.15) is 0 Å². The number of nitrogens with zero attached hydrogens (tertiary/aromatic N) is 1. The van der Waals surface area contributed by atoms with E-state index in [4.69, 9.17) is 0 Å². The van der Waals surface area contributed by atoms with Crippen LogP contribution in [0.5, 0.6) is 0 Å². The molecule has 0 aliphatic heterocycles. The maximum absolute atomic E-state index is 14.0. The standard InChI is InChI=1S/C19H17FN2O2S2/c1-10-6-11(2)18-16(7-10)26-19(22-18)21-17(24)9-25-15-5-4-13(12(3)23)8-14(15)20/h4-8H,9H2,1-3H3,(H,21,22,24). The first-order valence-electron chi connectivity index (χ1n) is 7.94. The number of hydrogen-bond acceptors (Lipinski definition) is 5. The number of anilines is 1. The summed E-state index contributed by atoms with van der Waals surface area (Å²) in [5.41, 5.74) is 3.42. The molecule has 1 N–H and O–H groups in total. The fourth-order valence-electron chi connectivity index (χ4n) is 2.56. The highest BCUT2D eigenvalue weighted by atomic mass is 32.2. The average molecular weight is 388 g/mol. The summed E-state index contributed by atoms with van der Waals surface area (Å²) < 4.78 is 15.0. The van der Waals surface area contributed by atoms with Crippen molar-refractivity contribution in [2.75, 3.05) is 11.1 Å². The van der Waals surface area contributed by atoms with Crippen LogP contribution >= 0.6 is 23.1 Å². The molecule has 0 unspecified atom stereocenters. The first-order chi connectivity index (χ1) is 12.3. The number of nitrogens with one attached hydrogen (secondary N) is 1. The zero-order chi connectivity index (χ0) is 18.8. The lowest BCUT2D eigenvalue weighted by molar-refractivity contribution is -0.113. The van der Waals surface area contributed by atoms with Crippen LogP contribution in [0, 0.1) is 19.7 Å². The topological polar surface area (TPSA) is 59.1 Å². The molecular weight excluding hydrogens is 371 g/mol. The van der Waals surface area contributed by atoms with Gasteiger partial charge in [-0.05, 0) is 50.1 Å². The summed E-state index contributed by atoms with van der Waals surface area (Å²) in [6, 6.07) is 8.37. The molecule has 26 heavy (non-hydrogen) atoms. The Hall–Kier alpha value is -2.25. The van der Waals surface area contributed by atoms with Crippen molar-refractivity contribution in [1.82, 2.24) is 4.98 Å². The zero-order valence-corrected chi connectivity index (χ0v) is 16.2. The Balaban J connectivity index is 1.66. The molecule has 1 heterocycles. The minimum Gasteiger partial charge on any atom is -0.301 e. The Bertz CT molecular complexity index is 1010. The normalized spacial score (nSPS) is 10.9. The number of amides is 1. The van der Waals surface area contributed by atoms with E-state index in [2.05, 4.69) is 16.4 Å². The molecule has 0 fully saturated rings. The monoisotopic (exact) mass is 388 g/mol. The van der Waals surface area contributed by atoms with Crippen molar-refractivity contribution >= 4 is 50.1 Å². The van der Waals surface area contributed by atoms with Crippen molar-refractivity contribution in [2.24, 2.45) is 0 Å². The van der Waals surface area contributed by atoms with Gasteiger partial charge in [0.25, 0.3) is 0 Å². The maximum Gasteiger partial charge on any atom is 0.236 e. The quantitative estimate of drug-likeness (QED) is 0.494. The molecule has 0 atom stereocenters. The van der Waals surface area contributed by atoms with Gasteiger partial charge in [0.15, 0.2) is 10.9 Å². The Morgan fingerprint density at radius 3 is 2.69 bits per heavy atom. The van der Waals surface area contributed by atoms with Gasteiger partial charge in [0.1, 0.15) is 5.82 Å². The summed E-state index contributed by atoms with van der Waals surface area (Å²) in [6.45, 7) is 5.40. The van der Waals surface area contributed by atoms with E-state index < -0.39 is 5.82 Å². The van der Waals surface area contributed by atoms with E-state index in [0.29, 0.717) is 15.6 Å². The van der Waals surface area contributed by atoms with Crippen molar-refractivity contribution in [1.29, 1.82) is 0 Å². The van der Waals surface area contributed by atoms with Crippen molar-refractivity contribution in [3.8, 4) is 0 Å². The molecule has 7 heteroatoms. The summed E-state index contributed by atoms with van der Waals surface area (Å²) in [7, 11) is 0. The van der Waals surface area contributed by atoms with Crippen molar-refractivity contribution < 1.29 is 14.0 Å². The number of aryl methyl sites for hydroxylation is 2. The van der Waals surface area contributed by atoms with Crippen LogP contribution in [-0.4, -0.2) is 22.4 Å². The van der Waals surface area contributed by atoms with Crippen molar-refractivity contribution in [2.45, 2.75) is 25.7 Å². The van der Waals surface area contributed by atoms with Crippen molar-refractivity contribution in [3.05, 3.63) is 52.8 Å². The van der Waals surface area contributed by atoms with E-state index in [1.54, 1.807) is 6.07 Å². The molecule has 1 aromatic heterocycles. The number of hydrogen-bond donors (Lipinski definition) is 1. The summed E-state index contributed by atoms with van der Waals surface area (Å²) in [5, 5.41) is 3.30. The van der Waals surface area contributed by atoms with Gasteiger partial charge in [0.05, 0.1) is 16.0 Å². The minimum absolute atomic E-state index is 0.0598. The van der Waals surface area contributed by atoms with Crippen LogP contribution in [0.1, 0.15) is 28.4 Å². The van der Waals surface area contributed by atoms with Crippen molar-refractivity contribution in [3.63, 3.8) is 0 Å². The summed E-state index contributed by atoms with van der Waals surface area (Å²) >= 11 is 2.51. The second-order valence-electron chi connectivity index (χ2n) is 5.99. The third kappa shape index (κ3) is 4.11. The minimum atomic E-state index is -0.499. The second kappa shape index (κ2) is 7.55. The first kappa shape index (κ1) is 18.5. The number of thiazole rings is 1. The second-order valence-corrected chi connectivity index (χ2v) is 8.03. The zero-order valence-electron chi connectivity index (χ0n) is 14.6. The molecule has 0 spiro atoms. The number of aromatic nitrogens is 1. The number of rotatable bonds is 5. The largest absolute Gasteiger partial charge is 0.301 e. The fourth-order valence-corrected chi connectivity index (χ4v) is 4.34. The van der Waals surface area contributed by atoms with Crippen LogP contribution in [-0.2, 0) is 4.79 Å². The molecular formula is C19H17FN2O2S2. The van der Waals surface area contributed by atoms with Crippen LogP contribution in [0.15, 0.2) is 35.2 Å². The van der Waals surface area contributed by atoms with Crippen LogP contribution in [0.2, 0.25) is 0 Å².